The molecule has 1 aliphatic rings. The Morgan fingerprint density at radius 2 is 1.18 bits per heavy atom. The third-order valence-electron chi connectivity index (χ3n) is 12.1. The van der Waals surface area contributed by atoms with E-state index in [1.54, 1.807) is 12.2 Å². The summed E-state index contributed by atoms with van der Waals surface area (Å²) in [6.07, 6.45) is 25.2. The molecule has 8 atom stereocenters. The summed E-state index contributed by atoms with van der Waals surface area (Å²) in [4.78, 5) is 65.7. The van der Waals surface area contributed by atoms with Gasteiger partial charge in [0.1, 0.15) is 18.5 Å². The number of Topliss-reactive ketones (excluding diaryl/α,β-unsaturated/α-hetero) is 1. The monoisotopic (exact) mass is 971 g/mol. The molecule has 1 aliphatic carbocycles. The summed E-state index contributed by atoms with van der Waals surface area (Å²) in [5.74, 6) is -1.01. The topological polar surface area (TPSA) is 253 Å². The highest BCUT2D eigenvalue weighted by atomic mass is 31.2. The second-order valence-corrected chi connectivity index (χ2v) is 20.8. The first kappa shape index (κ1) is 61.5. The van der Waals surface area contributed by atoms with Crippen molar-refractivity contribution in [1.29, 1.82) is 0 Å². The zero-order chi connectivity index (χ0) is 48.4. The summed E-state index contributed by atoms with van der Waals surface area (Å²) in [6.45, 7) is 3.78. The van der Waals surface area contributed by atoms with E-state index in [9.17, 15) is 43.7 Å². The summed E-state index contributed by atoms with van der Waals surface area (Å²) >= 11 is 0. The van der Waals surface area contributed by atoms with E-state index in [2.05, 4.69) is 25.3 Å². The van der Waals surface area contributed by atoms with Gasteiger partial charge in [-0.15, -0.1) is 0 Å². The SMILES string of the molecule is CCCCC[C@H](O)/C=C/[C@H]1[C@H](O)CC(=O)[C@@H]1CCCCCCC(=O)O[C@H](COC(=O)CCCCCCCCCCCCCCCCC(C)CC)COP(=O)(O)OC[C@@H](O)COP(=O)(O)O. The lowest BCUT2D eigenvalue weighted by Gasteiger charge is -2.20. The number of phosphoric acid groups is 2. The van der Waals surface area contributed by atoms with Gasteiger partial charge in [-0.1, -0.05) is 168 Å². The maximum Gasteiger partial charge on any atom is 0.472 e. The van der Waals surface area contributed by atoms with Crippen molar-refractivity contribution >= 4 is 33.4 Å². The second-order valence-electron chi connectivity index (χ2n) is 18.1. The number of unbranched alkanes of at least 4 members (excludes halogenated alkanes) is 18. The van der Waals surface area contributed by atoms with E-state index in [0.717, 1.165) is 44.4 Å². The predicted molar refractivity (Wildman–Crippen MR) is 249 cm³/mol. The number of hydrogen-bond donors (Lipinski definition) is 6. The van der Waals surface area contributed by atoms with E-state index in [0.29, 0.717) is 44.9 Å². The Kier molecular flexibility index (Phi) is 35.3. The number of carbonyl (C=O) groups excluding carboxylic acids is 3. The molecule has 1 saturated carbocycles. The lowest BCUT2D eigenvalue weighted by molar-refractivity contribution is -0.161. The number of carbonyl (C=O) groups is 3. The van der Waals surface area contributed by atoms with E-state index >= 15 is 0 Å². The molecule has 16 nitrogen and oxygen atoms in total. The number of aliphatic hydroxyl groups excluding tert-OH is 3. The quantitative estimate of drug-likeness (QED) is 0.0144. The minimum atomic E-state index is -4.90. The van der Waals surface area contributed by atoms with Crippen LogP contribution in [0.3, 0.4) is 0 Å². The summed E-state index contributed by atoms with van der Waals surface area (Å²) in [7, 11) is -9.77. The molecular formula is C47H88O16P2. The van der Waals surface area contributed by atoms with Gasteiger partial charge in [-0.3, -0.25) is 28.0 Å². The van der Waals surface area contributed by atoms with Crippen molar-refractivity contribution in [3.63, 3.8) is 0 Å². The van der Waals surface area contributed by atoms with Crippen molar-refractivity contribution in [2.45, 2.75) is 225 Å². The third-order valence-corrected chi connectivity index (χ3v) is 13.5. The fraction of sp³-hybridized carbons (Fsp3) is 0.894. The summed E-state index contributed by atoms with van der Waals surface area (Å²) < 4.78 is 47.9. The third kappa shape index (κ3) is 34.4. The normalized spacial score (nSPS) is 19.6. The van der Waals surface area contributed by atoms with Gasteiger partial charge >= 0.3 is 27.6 Å². The summed E-state index contributed by atoms with van der Waals surface area (Å²) in [6, 6.07) is 0. The molecule has 65 heavy (non-hydrogen) atoms. The van der Waals surface area contributed by atoms with Crippen LogP contribution in [-0.4, -0.2) is 98.6 Å². The van der Waals surface area contributed by atoms with Crippen molar-refractivity contribution in [1.82, 2.24) is 0 Å². The first-order valence-electron chi connectivity index (χ1n) is 24.9. The molecule has 382 valence electrons. The van der Waals surface area contributed by atoms with Crippen LogP contribution in [0, 0.1) is 17.8 Å². The van der Waals surface area contributed by atoms with Gasteiger partial charge in [0.25, 0.3) is 0 Å². The Hall–Kier alpha value is -1.55. The number of rotatable bonds is 43. The second kappa shape index (κ2) is 37.4. The molecule has 0 amide bonds. The Balaban J connectivity index is 2.47. The summed E-state index contributed by atoms with van der Waals surface area (Å²) in [5.41, 5.74) is 0. The van der Waals surface area contributed by atoms with Gasteiger partial charge in [-0.05, 0) is 31.6 Å². The molecule has 0 radical (unpaired) electrons. The van der Waals surface area contributed by atoms with E-state index in [-0.39, 0.29) is 36.9 Å². The lowest BCUT2D eigenvalue weighted by Crippen LogP contribution is -2.30. The van der Waals surface area contributed by atoms with E-state index in [1.165, 1.54) is 77.0 Å². The average molecular weight is 971 g/mol. The molecule has 0 aromatic heterocycles. The van der Waals surface area contributed by atoms with E-state index in [1.807, 2.05) is 0 Å². The molecule has 0 heterocycles. The van der Waals surface area contributed by atoms with E-state index < -0.39 is 78.4 Å². The molecule has 0 spiro atoms. The zero-order valence-corrected chi connectivity index (χ0v) is 41.8. The van der Waals surface area contributed by atoms with Crippen molar-refractivity contribution in [2.75, 3.05) is 26.4 Å². The van der Waals surface area contributed by atoms with Gasteiger partial charge < -0.3 is 39.5 Å². The Morgan fingerprint density at radius 3 is 1.75 bits per heavy atom. The average Bonchev–Trinajstić information content (AvgIpc) is 3.53. The van der Waals surface area contributed by atoms with Crippen LogP contribution in [0.25, 0.3) is 0 Å². The van der Waals surface area contributed by atoms with Gasteiger partial charge in [0.15, 0.2) is 6.10 Å². The van der Waals surface area contributed by atoms with E-state index in [4.69, 9.17) is 28.3 Å². The largest absolute Gasteiger partial charge is 0.472 e. The van der Waals surface area contributed by atoms with Gasteiger partial charge in [-0.2, -0.15) is 0 Å². The maximum atomic E-state index is 12.8. The van der Waals surface area contributed by atoms with Crippen LogP contribution >= 0.6 is 15.6 Å². The summed E-state index contributed by atoms with van der Waals surface area (Å²) in [5, 5.41) is 30.6. The first-order valence-corrected chi connectivity index (χ1v) is 27.9. The highest BCUT2D eigenvalue weighted by Crippen LogP contribution is 2.44. The fourth-order valence-corrected chi connectivity index (χ4v) is 9.02. The van der Waals surface area contributed by atoms with Crippen LogP contribution < -0.4 is 0 Å². The minimum absolute atomic E-state index is 0.00290. The molecule has 0 bridgehead atoms. The lowest BCUT2D eigenvalue weighted by atomic mass is 9.88. The zero-order valence-electron chi connectivity index (χ0n) is 40.0. The predicted octanol–water partition coefficient (Wildman–Crippen LogP) is 9.74. The van der Waals surface area contributed by atoms with Gasteiger partial charge in [0, 0.05) is 31.1 Å². The molecule has 0 aromatic rings. The van der Waals surface area contributed by atoms with Gasteiger partial charge in [0.2, 0.25) is 0 Å². The Labute approximate surface area is 390 Å². The van der Waals surface area contributed by atoms with Crippen molar-refractivity contribution in [3.05, 3.63) is 12.2 Å². The molecule has 1 fully saturated rings. The number of esters is 2. The van der Waals surface area contributed by atoms with Crippen molar-refractivity contribution in [2.24, 2.45) is 17.8 Å². The highest BCUT2D eigenvalue weighted by molar-refractivity contribution is 7.47. The first-order chi connectivity index (χ1) is 31.0. The van der Waals surface area contributed by atoms with Crippen LogP contribution in [0.4, 0.5) is 0 Å². The number of hydrogen-bond acceptors (Lipinski definition) is 13. The van der Waals surface area contributed by atoms with Crippen LogP contribution in [0.15, 0.2) is 12.2 Å². The van der Waals surface area contributed by atoms with Crippen LogP contribution in [-0.2, 0) is 46.6 Å². The molecular weight excluding hydrogens is 882 g/mol. The Morgan fingerprint density at radius 1 is 0.677 bits per heavy atom. The van der Waals surface area contributed by atoms with Gasteiger partial charge in [0.05, 0.1) is 32.0 Å². The van der Waals surface area contributed by atoms with Crippen LogP contribution in [0.5, 0.6) is 0 Å². The van der Waals surface area contributed by atoms with Crippen molar-refractivity contribution in [3.8, 4) is 0 Å². The smallest absolute Gasteiger partial charge is 0.462 e. The molecule has 6 N–H and O–H groups in total. The standard InChI is InChI=1S/C47H88O16P2/c1-4-6-21-27-39(48)31-32-43-42(44(50)33-45(43)51)28-23-19-20-25-30-47(53)63-41(37-62-65(57,58)61-35-40(49)34-60-64(54,55)56)36-59-46(52)29-24-18-16-14-12-10-8-7-9-11-13-15-17-22-26-38(3)5-2/h31-32,38-43,45,48-49,51H,4-30,33-37H2,1-3H3,(H,57,58)(H2,54,55,56)/b32-31+/t38?,39-,40-,41+,42+,43+,45+/m0/s1. The molecule has 0 aromatic carbocycles. The number of aliphatic hydroxyl groups is 3. The van der Waals surface area contributed by atoms with Crippen LogP contribution in [0.2, 0.25) is 0 Å². The van der Waals surface area contributed by atoms with Crippen LogP contribution in [0.1, 0.15) is 201 Å². The molecule has 2 unspecified atom stereocenters. The van der Waals surface area contributed by atoms with Gasteiger partial charge in [-0.25, -0.2) is 9.13 Å². The molecule has 1 rings (SSSR count). The number of ether oxygens (including phenoxy) is 2. The molecule has 0 aliphatic heterocycles. The maximum absolute atomic E-state index is 12.8. The number of ketones is 1. The molecule has 0 saturated heterocycles. The fourth-order valence-electron chi connectivity index (χ4n) is 7.87. The molecule has 18 heteroatoms. The minimum Gasteiger partial charge on any atom is -0.462 e. The highest BCUT2D eigenvalue weighted by Gasteiger charge is 2.39. The number of phosphoric ester groups is 2. The Bertz CT molecular complexity index is 1380. The van der Waals surface area contributed by atoms with Crippen molar-refractivity contribution < 1.29 is 76.6 Å².